The van der Waals surface area contributed by atoms with E-state index >= 15 is 0 Å². The molecular weight excluding hydrogens is 326 g/mol. The average molecular weight is 344 g/mol. The molecule has 0 aromatic heterocycles. The minimum Gasteiger partial charge on any atom is -0.486 e. The Balaban J connectivity index is 2.38. The SMILES string of the molecule is COC(=O)C(NC(C)C)c1cc(Br)c2c(c1)OCCO2. The maximum Gasteiger partial charge on any atom is 0.327 e. The topological polar surface area (TPSA) is 56.8 Å². The first-order chi connectivity index (χ1) is 9.52. The van der Waals surface area contributed by atoms with Crippen LogP contribution in [0, 0.1) is 0 Å². The summed E-state index contributed by atoms with van der Waals surface area (Å²) in [7, 11) is 1.38. The van der Waals surface area contributed by atoms with E-state index in [-0.39, 0.29) is 12.0 Å². The monoisotopic (exact) mass is 343 g/mol. The van der Waals surface area contributed by atoms with Crippen LogP contribution in [0.5, 0.6) is 11.5 Å². The molecule has 0 bridgehead atoms. The molecular formula is C14H18BrNO4. The van der Waals surface area contributed by atoms with Crippen LogP contribution in [0.25, 0.3) is 0 Å². The molecule has 0 radical (unpaired) electrons. The number of carbonyl (C=O) groups is 1. The normalized spacial score (nSPS) is 15.1. The summed E-state index contributed by atoms with van der Waals surface area (Å²) in [5.74, 6) is 0.982. The number of nitrogens with one attached hydrogen (secondary N) is 1. The molecule has 0 spiro atoms. The number of methoxy groups -OCH3 is 1. The Bertz CT molecular complexity index is 504. The van der Waals surface area contributed by atoms with Gasteiger partial charge in [0.2, 0.25) is 0 Å². The lowest BCUT2D eigenvalue weighted by atomic mass is 10.1. The summed E-state index contributed by atoms with van der Waals surface area (Å²) < 4.78 is 16.8. The van der Waals surface area contributed by atoms with E-state index < -0.39 is 6.04 Å². The summed E-state index contributed by atoms with van der Waals surface area (Å²) in [6.45, 7) is 4.98. The van der Waals surface area contributed by atoms with Gasteiger partial charge in [-0.1, -0.05) is 0 Å². The van der Waals surface area contributed by atoms with Crippen LogP contribution in [-0.4, -0.2) is 32.3 Å². The molecule has 1 heterocycles. The number of esters is 1. The second-order valence-electron chi connectivity index (χ2n) is 4.80. The first kappa shape index (κ1) is 15.1. The van der Waals surface area contributed by atoms with Crippen molar-refractivity contribution >= 4 is 21.9 Å². The van der Waals surface area contributed by atoms with Crippen molar-refractivity contribution in [1.29, 1.82) is 0 Å². The molecule has 1 atom stereocenters. The van der Waals surface area contributed by atoms with Crippen LogP contribution in [0.2, 0.25) is 0 Å². The van der Waals surface area contributed by atoms with Gasteiger partial charge >= 0.3 is 5.97 Å². The van der Waals surface area contributed by atoms with E-state index in [9.17, 15) is 4.79 Å². The second-order valence-corrected chi connectivity index (χ2v) is 5.66. The molecule has 1 aromatic carbocycles. The molecule has 1 N–H and O–H groups in total. The molecule has 0 aliphatic carbocycles. The van der Waals surface area contributed by atoms with Crippen LogP contribution >= 0.6 is 15.9 Å². The zero-order valence-electron chi connectivity index (χ0n) is 11.7. The van der Waals surface area contributed by atoms with Gasteiger partial charge < -0.3 is 14.2 Å². The van der Waals surface area contributed by atoms with Crippen LogP contribution in [0.1, 0.15) is 25.5 Å². The van der Waals surface area contributed by atoms with Gasteiger partial charge in [0, 0.05) is 6.04 Å². The molecule has 0 saturated carbocycles. The van der Waals surface area contributed by atoms with E-state index in [1.165, 1.54) is 7.11 Å². The van der Waals surface area contributed by atoms with Crippen LogP contribution in [0.15, 0.2) is 16.6 Å². The number of fused-ring (bicyclic) bond motifs is 1. The Labute approximate surface area is 126 Å². The minimum absolute atomic E-state index is 0.145. The molecule has 0 saturated heterocycles. The molecule has 1 aromatic rings. The fraction of sp³-hybridized carbons (Fsp3) is 0.500. The molecule has 1 aliphatic heterocycles. The number of hydrogen-bond acceptors (Lipinski definition) is 5. The van der Waals surface area contributed by atoms with Crippen molar-refractivity contribution in [3.05, 3.63) is 22.2 Å². The number of halogens is 1. The Kier molecular flexibility index (Phi) is 4.88. The fourth-order valence-electron chi connectivity index (χ4n) is 2.05. The van der Waals surface area contributed by atoms with Gasteiger partial charge in [-0.3, -0.25) is 5.32 Å². The highest BCUT2D eigenvalue weighted by Crippen LogP contribution is 2.40. The van der Waals surface area contributed by atoms with Gasteiger partial charge in [0.15, 0.2) is 11.5 Å². The zero-order chi connectivity index (χ0) is 14.7. The average Bonchev–Trinajstić information content (AvgIpc) is 2.43. The molecule has 1 aliphatic rings. The summed E-state index contributed by atoms with van der Waals surface area (Å²) in [6, 6.07) is 3.28. The summed E-state index contributed by atoms with van der Waals surface area (Å²) in [6.07, 6.45) is 0. The predicted octanol–water partition coefficient (Wildman–Crippen LogP) is 2.43. The van der Waals surface area contributed by atoms with Crippen LogP contribution in [0.3, 0.4) is 0 Å². The van der Waals surface area contributed by atoms with Crippen LogP contribution in [-0.2, 0) is 9.53 Å². The summed E-state index contributed by atoms with van der Waals surface area (Å²) >= 11 is 3.45. The quantitative estimate of drug-likeness (QED) is 0.851. The third-order valence-electron chi connectivity index (χ3n) is 2.89. The van der Waals surface area contributed by atoms with Crippen molar-refractivity contribution in [1.82, 2.24) is 5.32 Å². The minimum atomic E-state index is -0.535. The molecule has 110 valence electrons. The van der Waals surface area contributed by atoms with Gasteiger partial charge in [-0.05, 0) is 47.5 Å². The smallest absolute Gasteiger partial charge is 0.327 e. The van der Waals surface area contributed by atoms with E-state index in [1.54, 1.807) is 0 Å². The maximum atomic E-state index is 12.0. The molecule has 2 rings (SSSR count). The second kappa shape index (κ2) is 6.45. The third-order valence-corrected chi connectivity index (χ3v) is 3.48. The van der Waals surface area contributed by atoms with Crippen molar-refractivity contribution in [2.45, 2.75) is 25.9 Å². The number of carbonyl (C=O) groups excluding carboxylic acids is 1. The summed E-state index contributed by atoms with van der Waals surface area (Å²) in [5.41, 5.74) is 0.779. The number of hydrogen-bond donors (Lipinski definition) is 1. The molecule has 6 heteroatoms. The molecule has 5 nitrogen and oxygen atoms in total. The zero-order valence-corrected chi connectivity index (χ0v) is 13.3. The molecule has 0 amide bonds. The van der Waals surface area contributed by atoms with E-state index in [0.29, 0.717) is 24.7 Å². The number of ether oxygens (including phenoxy) is 3. The van der Waals surface area contributed by atoms with E-state index in [2.05, 4.69) is 21.2 Å². The number of benzene rings is 1. The molecule has 20 heavy (non-hydrogen) atoms. The van der Waals surface area contributed by atoms with Crippen LogP contribution in [0.4, 0.5) is 0 Å². The third kappa shape index (κ3) is 3.24. The van der Waals surface area contributed by atoms with Crippen molar-refractivity contribution in [3.8, 4) is 11.5 Å². The largest absolute Gasteiger partial charge is 0.486 e. The first-order valence-corrected chi connectivity index (χ1v) is 7.25. The van der Waals surface area contributed by atoms with Gasteiger partial charge in [0.05, 0.1) is 11.6 Å². The van der Waals surface area contributed by atoms with Gasteiger partial charge in [-0.25, -0.2) is 4.79 Å². The Morgan fingerprint density at radius 1 is 1.35 bits per heavy atom. The standard InChI is InChI=1S/C14H18BrNO4/c1-8(2)16-12(14(17)18-3)9-6-10(15)13-11(7-9)19-4-5-20-13/h6-8,12,16H,4-5H2,1-3H3. The Morgan fingerprint density at radius 2 is 2.05 bits per heavy atom. The van der Waals surface area contributed by atoms with E-state index in [0.717, 1.165) is 10.0 Å². The summed E-state index contributed by atoms with van der Waals surface area (Å²) in [4.78, 5) is 12.0. The van der Waals surface area contributed by atoms with Gasteiger partial charge in [-0.15, -0.1) is 0 Å². The van der Waals surface area contributed by atoms with Crippen molar-refractivity contribution < 1.29 is 19.0 Å². The van der Waals surface area contributed by atoms with Gasteiger partial charge in [0.25, 0.3) is 0 Å². The fourth-order valence-corrected chi connectivity index (χ4v) is 2.62. The molecule has 1 unspecified atom stereocenters. The molecule has 0 fully saturated rings. The lowest BCUT2D eigenvalue weighted by Gasteiger charge is -2.24. The van der Waals surface area contributed by atoms with Crippen LogP contribution < -0.4 is 14.8 Å². The summed E-state index contributed by atoms with van der Waals surface area (Å²) in [5, 5.41) is 3.19. The van der Waals surface area contributed by atoms with Crippen molar-refractivity contribution in [3.63, 3.8) is 0 Å². The highest BCUT2D eigenvalue weighted by molar-refractivity contribution is 9.10. The van der Waals surface area contributed by atoms with Gasteiger partial charge in [-0.2, -0.15) is 0 Å². The highest BCUT2D eigenvalue weighted by Gasteiger charge is 2.26. The van der Waals surface area contributed by atoms with Gasteiger partial charge in [0.1, 0.15) is 19.3 Å². The maximum absolute atomic E-state index is 12.0. The van der Waals surface area contributed by atoms with Crippen molar-refractivity contribution in [2.24, 2.45) is 0 Å². The van der Waals surface area contributed by atoms with E-state index in [4.69, 9.17) is 14.2 Å². The lowest BCUT2D eigenvalue weighted by molar-refractivity contribution is -0.143. The van der Waals surface area contributed by atoms with Crippen molar-refractivity contribution in [2.75, 3.05) is 20.3 Å². The van der Waals surface area contributed by atoms with E-state index in [1.807, 2.05) is 26.0 Å². The number of rotatable bonds is 4. The Hall–Kier alpha value is -1.27. The lowest BCUT2D eigenvalue weighted by Crippen LogP contribution is -2.34. The highest BCUT2D eigenvalue weighted by atomic mass is 79.9. The first-order valence-electron chi connectivity index (χ1n) is 6.46. The Morgan fingerprint density at radius 3 is 2.70 bits per heavy atom. The predicted molar refractivity (Wildman–Crippen MR) is 78.2 cm³/mol.